The lowest BCUT2D eigenvalue weighted by Crippen LogP contribution is -2.52. The van der Waals surface area contributed by atoms with Gasteiger partial charge in [0.2, 0.25) is 6.20 Å². The molecule has 24 heavy (non-hydrogen) atoms. The molecular formula is C17H22N4O3. The van der Waals surface area contributed by atoms with Crippen LogP contribution >= 0.6 is 0 Å². The minimum Gasteiger partial charge on any atom is -0.539 e. The van der Waals surface area contributed by atoms with E-state index in [0.717, 1.165) is 38.9 Å². The average Bonchev–Trinajstić information content (AvgIpc) is 2.99. The van der Waals surface area contributed by atoms with Crippen molar-refractivity contribution in [1.29, 1.82) is 0 Å². The molecule has 1 amide bonds. The number of carbonyl (C=O) groups is 1. The van der Waals surface area contributed by atoms with Gasteiger partial charge < -0.3 is 19.8 Å². The van der Waals surface area contributed by atoms with Crippen LogP contribution in [0.4, 0.5) is 0 Å². The smallest absolute Gasteiger partial charge is 0.288 e. The maximum absolute atomic E-state index is 12.0. The molecule has 2 heterocycles. The van der Waals surface area contributed by atoms with Gasteiger partial charge in [-0.1, -0.05) is 35.0 Å². The fourth-order valence-corrected chi connectivity index (χ4v) is 3.06. The van der Waals surface area contributed by atoms with Gasteiger partial charge in [0.25, 0.3) is 12.5 Å². The van der Waals surface area contributed by atoms with Crippen molar-refractivity contribution in [1.82, 2.24) is 15.5 Å². The molecule has 0 radical (unpaired) electrons. The second-order valence-corrected chi connectivity index (χ2v) is 6.16. The molecule has 1 fully saturated rings. The van der Waals surface area contributed by atoms with Crippen LogP contribution in [0.3, 0.4) is 0 Å². The molecule has 1 N–H and O–H groups in total. The summed E-state index contributed by atoms with van der Waals surface area (Å²) in [7, 11) is 0. The lowest BCUT2D eigenvalue weighted by atomic mass is 10.0. The molecule has 3 rings (SSSR count). The van der Waals surface area contributed by atoms with Gasteiger partial charge in [0.05, 0.1) is 5.27 Å². The largest absolute Gasteiger partial charge is 0.539 e. The summed E-state index contributed by atoms with van der Waals surface area (Å²) in [6.45, 7) is 2.92. The first kappa shape index (κ1) is 16.4. The fourth-order valence-electron chi connectivity index (χ4n) is 3.06. The molecule has 1 aliphatic heterocycles. The Morgan fingerprint density at radius 2 is 2.25 bits per heavy atom. The van der Waals surface area contributed by atoms with Crippen molar-refractivity contribution in [2.24, 2.45) is 0 Å². The maximum Gasteiger partial charge on any atom is 0.288 e. The van der Waals surface area contributed by atoms with E-state index in [0.29, 0.717) is 0 Å². The molecule has 0 spiro atoms. The molecule has 2 aromatic rings. The number of nitrogens with zero attached hydrogens (tertiary/aromatic N) is 3. The third-order valence-electron chi connectivity index (χ3n) is 4.23. The van der Waals surface area contributed by atoms with Crippen LogP contribution in [0.15, 0.2) is 41.1 Å². The Bertz CT molecular complexity index is 659. The first-order chi connectivity index (χ1) is 11.7. The first-order valence-electron chi connectivity index (χ1n) is 8.28. The molecule has 1 aromatic heterocycles. The van der Waals surface area contributed by atoms with Gasteiger partial charge in [-0.2, -0.15) is 0 Å². The Kier molecular flexibility index (Phi) is 5.43. The van der Waals surface area contributed by atoms with Gasteiger partial charge in [-0.3, -0.25) is 4.79 Å². The van der Waals surface area contributed by atoms with E-state index in [1.165, 1.54) is 16.4 Å². The van der Waals surface area contributed by atoms with E-state index < -0.39 is 5.95 Å². The SMILES string of the molecule is O=C(C[n+]1cc([O-])on1)NC1CCCN(CCc2ccccc2)C1. The monoisotopic (exact) mass is 330 g/mol. The van der Waals surface area contributed by atoms with E-state index in [-0.39, 0.29) is 18.5 Å². The normalized spacial score (nSPS) is 18.4. The van der Waals surface area contributed by atoms with Gasteiger partial charge in [-0.15, -0.1) is 0 Å². The van der Waals surface area contributed by atoms with E-state index >= 15 is 0 Å². The summed E-state index contributed by atoms with van der Waals surface area (Å²) in [4.78, 5) is 14.4. The average molecular weight is 330 g/mol. The summed E-state index contributed by atoms with van der Waals surface area (Å²) in [6, 6.07) is 10.6. The van der Waals surface area contributed by atoms with Gasteiger partial charge in [-0.05, 0) is 31.4 Å². The summed E-state index contributed by atoms with van der Waals surface area (Å²) >= 11 is 0. The number of rotatable bonds is 6. The van der Waals surface area contributed by atoms with Crippen molar-refractivity contribution < 1.29 is 19.1 Å². The van der Waals surface area contributed by atoms with Crippen molar-refractivity contribution >= 4 is 5.91 Å². The highest BCUT2D eigenvalue weighted by Crippen LogP contribution is 2.11. The van der Waals surface area contributed by atoms with E-state index in [9.17, 15) is 9.90 Å². The van der Waals surface area contributed by atoms with E-state index in [1.54, 1.807) is 0 Å². The molecule has 7 heteroatoms. The molecule has 7 nitrogen and oxygen atoms in total. The van der Waals surface area contributed by atoms with Gasteiger partial charge in [0, 0.05) is 19.1 Å². The Balaban J connectivity index is 1.44. The van der Waals surface area contributed by atoms with E-state index in [1.807, 2.05) is 6.07 Å². The highest BCUT2D eigenvalue weighted by Gasteiger charge is 2.22. The predicted octanol–water partition coefficient (Wildman–Crippen LogP) is -0.141. The van der Waals surface area contributed by atoms with Crippen molar-refractivity contribution in [2.45, 2.75) is 31.8 Å². The zero-order chi connectivity index (χ0) is 16.8. The van der Waals surface area contributed by atoms with Crippen molar-refractivity contribution in [3.63, 3.8) is 0 Å². The summed E-state index contributed by atoms with van der Waals surface area (Å²) < 4.78 is 5.63. The van der Waals surface area contributed by atoms with E-state index in [4.69, 9.17) is 0 Å². The van der Waals surface area contributed by atoms with Crippen LogP contribution in [0, 0.1) is 0 Å². The Morgan fingerprint density at radius 3 is 3.00 bits per heavy atom. The number of aromatic nitrogens is 2. The number of likely N-dealkylation sites (tertiary alicyclic amines) is 1. The second kappa shape index (κ2) is 7.92. The van der Waals surface area contributed by atoms with Crippen LogP contribution in [0.5, 0.6) is 5.95 Å². The molecule has 1 atom stereocenters. The van der Waals surface area contributed by atoms with Crippen LogP contribution in [0.1, 0.15) is 18.4 Å². The summed E-state index contributed by atoms with van der Waals surface area (Å²) in [5, 5.41) is 17.4. The Morgan fingerprint density at radius 1 is 1.42 bits per heavy atom. The minimum atomic E-state index is -0.549. The number of benzene rings is 1. The van der Waals surface area contributed by atoms with Crippen LogP contribution in [-0.2, 0) is 17.8 Å². The number of carbonyl (C=O) groups excluding carboxylic acids is 1. The van der Waals surface area contributed by atoms with Gasteiger partial charge >= 0.3 is 0 Å². The first-order valence-corrected chi connectivity index (χ1v) is 8.28. The van der Waals surface area contributed by atoms with Crippen LogP contribution in [-0.4, -0.2) is 41.8 Å². The molecule has 1 aliphatic rings. The number of piperidine rings is 1. The molecule has 1 unspecified atom stereocenters. The third kappa shape index (κ3) is 4.79. The van der Waals surface area contributed by atoms with Crippen LogP contribution < -0.4 is 15.1 Å². The van der Waals surface area contributed by atoms with Crippen LogP contribution in [0.2, 0.25) is 0 Å². The number of amides is 1. The second-order valence-electron chi connectivity index (χ2n) is 6.16. The molecular weight excluding hydrogens is 308 g/mol. The third-order valence-corrected chi connectivity index (χ3v) is 4.23. The molecule has 1 saturated heterocycles. The number of hydrogen-bond acceptors (Lipinski definition) is 5. The van der Waals surface area contributed by atoms with Crippen LogP contribution in [0.25, 0.3) is 0 Å². The van der Waals surface area contributed by atoms with E-state index in [2.05, 4.69) is 44.3 Å². The molecule has 128 valence electrons. The zero-order valence-electron chi connectivity index (χ0n) is 13.6. The molecule has 1 aromatic carbocycles. The zero-order valence-corrected chi connectivity index (χ0v) is 13.6. The Labute approximate surface area is 140 Å². The fraction of sp³-hybridized carbons (Fsp3) is 0.471. The molecule has 0 aliphatic carbocycles. The van der Waals surface area contributed by atoms with Crippen molar-refractivity contribution in [2.75, 3.05) is 19.6 Å². The standard InChI is InChI=1S/C17H22N4O3/c22-16(12-21-13-17(23)24-19-21)18-15-7-4-9-20(11-15)10-8-14-5-2-1-3-6-14/h1-3,5-6,13,15H,4,7-12H2,(H-,18,19,22,23). The minimum absolute atomic E-state index is 0.00621. The predicted molar refractivity (Wildman–Crippen MR) is 83.9 cm³/mol. The maximum atomic E-state index is 12.0. The Hall–Kier alpha value is -2.41. The van der Waals surface area contributed by atoms with Crippen molar-refractivity contribution in [3.8, 4) is 5.95 Å². The molecule has 0 saturated carbocycles. The summed E-state index contributed by atoms with van der Waals surface area (Å²) in [5.74, 6) is -0.698. The summed E-state index contributed by atoms with van der Waals surface area (Å²) in [6.07, 6.45) is 4.24. The van der Waals surface area contributed by atoms with Gasteiger partial charge in [-0.25, -0.2) is 0 Å². The van der Waals surface area contributed by atoms with Crippen molar-refractivity contribution in [3.05, 3.63) is 42.1 Å². The highest BCUT2D eigenvalue weighted by molar-refractivity contribution is 5.74. The van der Waals surface area contributed by atoms with Gasteiger partial charge in [0.15, 0.2) is 0 Å². The number of hydrogen-bond donors (Lipinski definition) is 1. The highest BCUT2D eigenvalue weighted by atomic mass is 16.6. The lowest BCUT2D eigenvalue weighted by Gasteiger charge is -2.32. The number of nitrogens with one attached hydrogen (secondary N) is 1. The topological polar surface area (TPSA) is 85.3 Å². The summed E-state index contributed by atoms with van der Waals surface area (Å²) in [5.41, 5.74) is 1.33. The van der Waals surface area contributed by atoms with Gasteiger partial charge in [0.1, 0.15) is 5.95 Å². The quantitative estimate of drug-likeness (QED) is 0.745. The lowest BCUT2D eigenvalue weighted by molar-refractivity contribution is -0.751. The molecule has 0 bridgehead atoms.